The summed E-state index contributed by atoms with van der Waals surface area (Å²) in [6, 6.07) is 7.72. The molecule has 1 atom stereocenters. The lowest BCUT2D eigenvalue weighted by atomic mass is 10.1. The lowest BCUT2D eigenvalue weighted by Crippen LogP contribution is -2.26. The molecule has 1 aromatic carbocycles. The van der Waals surface area contributed by atoms with Gasteiger partial charge in [0.15, 0.2) is 0 Å². The molecule has 1 aromatic rings. The Balaban J connectivity index is 2.74. The van der Waals surface area contributed by atoms with Gasteiger partial charge in [-0.15, -0.1) is 6.42 Å². The van der Waals surface area contributed by atoms with Crippen LogP contribution in [0.1, 0.15) is 24.5 Å². The van der Waals surface area contributed by atoms with Crippen LogP contribution in [0, 0.1) is 23.7 Å². The first-order valence-electron chi connectivity index (χ1n) is 5.51. The molecule has 0 aromatic heterocycles. The number of terminal acetylenes is 1. The van der Waals surface area contributed by atoms with E-state index in [1.165, 1.54) is 0 Å². The van der Waals surface area contributed by atoms with Gasteiger partial charge in [-0.3, -0.25) is 5.32 Å². The number of ether oxygens (including phenoxy) is 1. The molecule has 3 heteroatoms. The Morgan fingerprint density at radius 3 is 2.82 bits per heavy atom. The van der Waals surface area contributed by atoms with Gasteiger partial charge in [-0.05, 0) is 24.1 Å². The zero-order valence-corrected chi connectivity index (χ0v) is 10.2. The third-order valence-electron chi connectivity index (χ3n) is 2.55. The second kappa shape index (κ2) is 6.58. The molecule has 1 unspecified atom stereocenters. The van der Waals surface area contributed by atoms with Crippen molar-refractivity contribution >= 4 is 0 Å². The summed E-state index contributed by atoms with van der Waals surface area (Å²) in [6.45, 7) is 2.69. The average Bonchev–Trinajstić information content (AvgIpc) is 2.39. The quantitative estimate of drug-likeness (QED) is 0.785. The highest BCUT2D eigenvalue weighted by molar-refractivity contribution is 5.45. The monoisotopic (exact) mass is 228 g/mol. The third kappa shape index (κ3) is 3.52. The number of hydrogen-bond donors (Lipinski definition) is 1. The molecular weight excluding hydrogens is 212 g/mol. The minimum absolute atomic E-state index is 0.0719. The fourth-order valence-electron chi connectivity index (χ4n) is 1.51. The molecule has 0 aliphatic heterocycles. The standard InChI is InChI=1S/C14H16N2O/c1-4-13(5-2)16-10-11-6-7-14(17-3)12(8-11)9-15/h1,6-8,13,16H,5,10H2,2-3H3. The fraction of sp³-hybridized carbons (Fsp3) is 0.357. The molecule has 0 heterocycles. The zero-order valence-electron chi connectivity index (χ0n) is 10.2. The first kappa shape index (κ1) is 13.1. The van der Waals surface area contributed by atoms with E-state index in [4.69, 9.17) is 16.4 Å². The molecule has 3 nitrogen and oxygen atoms in total. The third-order valence-corrected chi connectivity index (χ3v) is 2.55. The summed E-state index contributed by atoms with van der Waals surface area (Å²) in [5, 5.41) is 12.2. The number of methoxy groups -OCH3 is 1. The van der Waals surface area contributed by atoms with Crippen LogP contribution in [-0.2, 0) is 6.54 Å². The maximum atomic E-state index is 8.96. The van der Waals surface area contributed by atoms with Crippen LogP contribution in [0.25, 0.3) is 0 Å². The van der Waals surface area contributed by atoms with Crippen LogP contribution < -0.4 is 10.1 Å². The van der Waals surface area contributed by atoms with Crippen LogP contribution in [0.5, 0.6) is 5.75 Å². The summed E-state index contributed by atoms with van der Waals surface area (Å²) in [4.78, 5) is 0. The molecule has 0 radical (unpaired) electrons. The van der Waals surface area contributed by atoms with Crippen molar-refractivity contribution in [3.05, 3.63) is 29.3 Å². The summed E-state index contributed by atoms with van der Waals surface area (Å²) in [6.07, 6.45) is 6.25. The van der Waals surface area contributed by atoms with E-state index in [1.54, 1.807) is 13.2 Å². The Bertz CT molecular complexity index is 454. The summed E-state index contributed by atoms with van der Waals surface area (Å²) in [7, 11) is 1.56. The molecule has 0 spiro atoms. The molecule has 0 bridgehead atoms. The van der Waals surface area contributed by atoms with E-state index in [9.17, 15) is 0 Å². The topological polar surface area (TPSA) is 45.0 Å². The highest BCUT2D eigenvalue weighted by atomic mass is 16.5. The second-order valence-electron chi connectivity index (χ2n) is 3.65. The number of nitriles is 1. The molecule has 0 saturated heterocycles. The first-order valence-corrected chi connectivity index (χ1v) is 5.51. The highest BCUT2D eigenvalue weighted by Gasteiger charge is 2.05. The van der Waals surface area contributed by atoms with Gasteiger partial charge in [-0.25, -0.2) is 0 Å². The Labute approximate surface area is 102 Å². The van der Waals surface area contributed by atoms with Crippen molar-refractivity contribution in [2.24, 2.45) is 0 Å². The Morgan fingerprint density at radius 1 is 1.53 bits per heavy atom. The van der Waals surface area contributed by atoms with E-state index in [1.807, 2.05) is 19.1 Å². The lowest BCUT2D eigenvalue weighted by molar-refractivity contribution is 0.413. The van der Waals surface area contributed by atoms with Gasteiger partial charge in [0, 0.05) is 6.54 Å². The molecule has 1 N–H and O–H groups in total. The van der Waals surface area contributed by atoms with Crippen molar-refractivity contribution in [2.45, 2.75) is 25.9 Å². The van der Waals surface area contributed by atoms with Crippen LogP contribution in [-0.4, -0.2) is 13.2 Å². The smallest absolute Gasteiger partial charge is 0.136 e. The summed E-state index contributed by atoms with van der Waals surface area (Å²) in [5.74, 6) is 3.27. The largest absolute Gasteiger partial charge is 0.495 e. The maximum absolute atomic E-state index is 8.96. The van der Waals surface area contributed by atoms with Crippen molar-refractivity contribution in [3.63, 3.8) is 0 Å². The predicted molar refractivity (Wildman–Crippen MR) is 67.5 cm³/mol. The minimum atomic E-state index is 0.0719. The van der Waals surface area contributed by atoms with Gasteiger partial charge in [0.25, 0.3) is 0 Å². The molecule has 0 fully saturated rings. The SMILES string of the molecule is C#CC(CC)NCc1ccc(OC)c(C#N)c1. The number of hydrogen-bond acceptors (Lipinski definition) is 3. The lowest BCUT2D eigenvalue weighted by Gasteiger charge is -2.11. The van der Waals surface area contributed by atoms with Crippen LogP contribution in [0.3, 0.4) is 0 Å². The summed E-state index contributed by atoms with van der Waals surface area (Å²) in [5.41, 5.74) is 1.57. The van der Waals surface area contributed by atoms with Crippen molar-refractivity contribution < 1.29 is 4.74 Å². The van der Waals surface area contributed by atoms with Crippen molar-refractivity contribution in [1.29, 1.82) is 5.26 Å². The molecule has 1 rings (SSSR count). The van der Waals surface area contributed by atoms with E-state index in [0.29, 0.717) is 17.9 Å². The van der Waals surface area contributed by atoms with E-state index in [0.717, 1.165) is 12.0 Å². The number of benzene rings is 1. The van der Waals surface area contributed by atoms with Crippen LogP contribution >= 0.6 is 0 Å². The van der Waals surface area contributed by atoms with E-state index in [-0.39, 0.29) is 6.04 Å². The number of rotatable bonds is 5. The molecule has 88 valence electrons. The zero-order chi connectivity index (χ0) is 12.7. The van der Waals surface area contributed by atoms with Gasteiger partial charge in [0.05, 0.1) is 18.7 Å². The molecule has 0 aliphatic rings. The van der Waals surface area contributed by atoms with Crippen LogP contribution in [0.2, 0.25) is 0 Å². The van der Waals surface area contributed by atoms with Gasteiger partial charge < -0.3 is 4.74 Å². The highest BCUT2D eigenvalue weighted by Crippen LogP contribution is 2.18. The van der Waals surface area contributed by atoms with Crippen molar-refractivity contribution in [2.75, 3.05) is 7.11 Å². The van der Waals surface area contributed by atoms with Crippen molar-refractivity contribution in [3.8, 4) is 24.2 Å². The molecule has 17 heavy (non-hydrogen) atoms. The molecular formula is C14H16N2O. The minimum Gasteiger partial charge on any atom is -0.495 e. The number of nitrogens with one attached hydrogen (secondary N) is 1. The normalized spacial score (nSPS) is 11.3. The summed E-state index contributed by atoms with van der Waals surface area (Å²) < 4.78 is 5.08. The van der Waals surface area contributed by atoms with Gasteiger partial charge in [0.1, 0.15) is 11.8 Å². The first-order chi connectivity index (χ1) is 8.24. The van der Waals surface area contributed by atoms with Gasteiger partial charge in [0.2, 0.25) is 0 Å². The molecule has 0 saturated carbocycles. The predicted octanol–water partition coefficient (Wildman–Crippen LogP) is 2.07. The van der Waals surface area contributed by atoms with Gasteiger partial charge in [-0.1, -0.05) is 18.9 Å². The Morgan fingerprint density at radius 2 is 2.29 bits per heavy atom. The Kier molecular flexibility index (Phi) is 5.07. The molecule has 0 amide bonds. The van der Waals surface area contributed by atoms with Crippen molar-refractivity contribution in [1.82, 2.24) is 5.32 Å². The Hall–Kier alpha value is -1.97. The second-order valence-corrected chi connectivity index (χ2v) is 3.65. The molecule has 0 aliphatic carbocycles. The van der Waals surface area contributed by atoms with E-state index < -0.39 is 0 Å². The fourth-order valence-corrected chi connectivity index (χ4v) is 1.51. The maximum Gasteiger partial charge on any atom is 0.136 e. The van der Waals surface area contributed by atoms with Gasteiger partial charge in [-0.2, -0.15) is 5.26 Å². The number of nitrogens with zero attached hydrogens (tertiary/aromatic N) is 1. The van der Waals surface area contributed by atoms with Crippen LogP contribution in [0.15, 0.2) is 18.2 Å². The van der Waals surface area contributed by atoms with E-state index >= 15 is 0 Å². The average molecular weight is 228 g/mol. The summed E-state index contributed by atoms with van der Waals surface area (Å²) >= 11 is 0. The van der Waals surface area contributed by atoms with Gasteiger partial charge >= 0.3 is 0 Å². The van der Waals surface area contributed by atoms with E-state index in [2.05, 4.69) is 17.3 Å². The van der Waals surface area contributed by atoms with Crippen LogP contribution in [0.4, 0.5) is 0 Å².